The molecule has 7 nitrogen and oxygen atoms in total. The van der Waals surface area contributed by atoms with Gasteiger partial charge < -0.3 is 14.0 Å². The molecule has 0 atom stereocenters. The fourth-order valence-electron chi connectivity index (χ4n) is 2.64. The van der Waals surface area contributed by atoms with Crippen LogP contribution in [0.2, 0.25) is 0 Å². The van der Waals surface area contributed by atoms with Crippen LogP contribution in [-0.4, -0.2) is 33.6 Å². The molecule has 0 aliphatic rings. The highest BCUT2D eigenvalue weighted by Crippen LogP contribution is 2.22. The van der Waals surface area contributed by atoms with E-state index in [1.54, 1.807) is 31.7 Å². The van der Waals surface area contributed by atoms with Crippen molar-refractivity contribution >= 4 is 11.7 Å². The molecule has 0 fully saturated rings. The Morgan fingerprint density at radius 3 is 2.60 bits per heavy atom. The second-order valence-electron chi connectivity index (χ2n) is 5.54. The van der Waals surface area contributed by atoms with Gasteiger partial charge in [-0.2, -0.15) is 0 Å². The molecule has 25 heavy (non-hydrogen) atoms. The van der Waals surface area contributed by atoms with Crippen molar-refractivity contribution in [2.24, 2.45) is 0 Å². The smallest absolute Gasteiger partial charge is 0.326 e. The van der Waals surface area contributed by atoms with E-state index in [1.165, 1.54) is 10.5 Å². The predicted octanol–water partition coefficient (Wildman–Crippen LogP) is 2.04. The van der Waals surface area contributed by atoms with E-state index < -0.39 is 0 Å². The Kier molecular flexibility index (Phi) is 4.56. The van der Waals surface area contributed by atoms with E-state index in [-0.39, 0.29) is 18.1 Å². The van der Waals surface area contributed by atoms with E-state index in [0.717, 1.165) is 11.3 Å². The first-order valence-electron chi connectivity index (χ1n) is 7.93. The summed E-state index contributed by atoms with van der Waals surface area (Å²) in [7, 11) is 1.60. The van der Waals surface area contributed by atoms with Gasteiger partial charge in [-0.1, -0.05) is 0 Å². The van der Waals surface area contributed by atoms with Crippen LogP contribution in [0.15, 0.2) is 41.3 Å². The van der Waals surface area contributed by atoms with Crippen molar-refractivity contribution in [1.82, 2.24) is 14.0 Å². The lowest BCUT2D eigenvalue weighted by Gasteiger charge is -2.10. The number of carbonyl (C=O) groups is 1. The Hall–Kier alpha value is -3.09. The first-order chi connectivity index (χ1) is 12.0. The maximum atomic E-state index is 12.3. The number of aromatic nitrogens is 3. The van der Waals surface area contributed by atoms with Gasteiger partial charge in [-0.3, -0.25) is 14.0 Å². The van der Waals surface area contributed by atoms with Crippen LogP contribution < -0.4 is 10.3 Å². The molecule has 0 amide bonds. The Bertz CT molecular complexity index is 970. The molecule has 3 aromatic rings. The average molecular weight is 341 g/mol. The Morgan fingerprint density at radius 1 is 1.24 bits per heavy atom. The number of imidazole rings is 1. The molecule has 7 heteroatoms. The van der Waals surface area contributed by atoms with Gasteiger partial charge in [0.25, 0.3) is 5.56 Å². The van der Waals surface area contributed by atoms with Crippen LogP contribution >= 0.6 is 0 Å². The SMILES string of the molecule is CCOC(=O)Cn1c(C)cc(=O)n2cc(-c3ccc(OC)cc3)nc12. The van der Waals surface area contributed by atoms with Gasteiger partial charge in [0.05, 0.1) is 19.4 Å². The number of nitrogens with zero attached hydrogens (tertiary/aromatic N) is 3. The van der Waals surface area contributed by atoms with Crippen LogP contribution in [0, 0.1) is 6.92 Å². The van der Waals surface area contributed by atoms with Gasteiger partial charge >= 0.3 is 5.97 Å². The Labute approximate surface area is 144 Å². The summed E-state index contributed by atoms with van der Waals surface area (Å²) in [6, 6.07) is 8.87. The van der Waals surface area contributed by atoms with E-state index in [2.05, 4.69) is 4.98 Å². The third-order valence-electron chi connectivity index (χ3n) is 3.90. The molecule has 0 unspecified atom stereocenters. The van der Waals surface area contributed by atoms with Gasteiger partial charge in [0.15, 0.2) is 0 Å². The largest absolute Gasteiger partial charge is 0.497 e. The normalized spacial score (nSPS) is 10.8. The van der Waals surface area contributed by atoms with E-state index in [4.69, 9.17) is 9.47 Å². The fraction of sp³-hybridized carbons (Fsp3) is 0.278. The minimum atomic E-state index is -0.370. The van der Waals surface area contributed by atoms with E-state index in [1.807, 2.05) is 24.3 Å². The van der Waals surface area contributed by atoms with E-state index >= 15 is 0 Å². The zero-order valence-electron chi connectivity index (χ0n) is 14.4. The summed E-state index contributed by atoms with van der Waals surface area (Å²) in [6.07, 6.45) is 1.67. The molecular formula is C18H19N3O4. The second-order valence-corrected chi connectivity index (χ2v) is 5.54. The number of methoxy groups -OCH3 is 1. The fourth-order valence-corrected chi connectivity index (χ4v) is 2.64. The average Bonchev–Trinajstić information content (AvgIpc) is 3.05. The minimum Gasteiger partial charge on any atom is -0.497 e. The van der Waals surface area contributed by atoms with Gasteiger partial charge in [0.2, 0.25) is 5.78 Å². The first kappa shape index (κ1) is 16.8. The molecule has 0 aliphatic carbocycles. The number of carbonyl (C=O) groups excluding carboxylic acids is 1. The number of ether oxygens (including phenoxy) is 2. The van der Waals surface area contributed by atoms with Crippen LogP contribution in [0.5, 0.6) is 5.75 Å². The number of benzene rings is 1. The number of aryl methyl sites for hydroxylation is 1. The van der Waals surface area contributed by atoms with Crippen molar-refractivity contribution in [2.45, 2.75) is 20.4 Å². The second kappa shape index (κ2) is 6.80. The lowest BCUT2D eigenvalue weighted by atomic mass is 10.2. The van der Waals surface area contributed by atoms with Crippen molar-refractivity contribution in [3.8, 4) is 17.0 Å². The lowest BCUT2D eigenvalue weighted by molar-refractivity contribution is -0.143. The number of fused-ring (bicyclic) bond motifs is 1. The highest BCUT2D eigenvalue weighted by atomic mass is 16.5. The van der Waals surface area contributed by atoms with Crippen LogP contribution in [0.25, 0.3) is 17.0 Å². The molecule has 0 bridgehead atoms. The van der Waals surface area contributed by atoms with E-state index in [9.17, 15) is 9.59 Å². The number of hydrogen-bond donors (Lipinski definition) is 0. The van der Waals surface area contributed by atoms with Crippen LogP contribution in [0.4, 0.5) is 0 Å². The topological polar surface area (TPSA) is 74.8 Å². The molecule has 0 N–H and O–H groups in total. The van der Waals surface area contributed by atoms with Crippen molar-refractivity contribution in [3.63, 3.8) is 0 Å². The lowest BCUT2D eigenvalue weighted by Crippen LogP contribution is -2.22. The molecule has 0 radical (unpaired) electrons. The summed E-state index contributed by atoms with van der Waals surface area (Å²) in [5.41, 5.74) is 1.95. The zero-order valence-corrected chi connectivity index (χ0v) is 14.4. The number of esters is 1. The van der Waals surface area contributed by atoms with E-state index in [0.29, 0.717) is 23.8 Å². The summed E-state index contributed by atoms with van der Waals surface area (Å²) in [5.74, 6) is 0.777. The van der Waals surface area contributed by atoms with Crippen molar-refractivity contribution < 1.29 is 14.3 Å². The zero-order chi connectivity index (χ0) is 18.0. The minimum absolute atomic E-state index is 0.00250. The molecule has 0 saturated heterocycles. The Balaban J connectivity index is 2.10. The third kappa shape index (κ3) is 3.26. The quantitative estimate of drug-likeness (QED) is 0.664. The first-order valence-corrected chi connectivity index (χ1v) is 7.93. The predicted molar refractivity (Wildman–Crippen MR) is 92.8 cm³/mol. The summed E-state index contributed by atoms with van der Waals surface area (Å²) >= 11 is 0. The molecule has 0 saturated carbocycles. The molecule has 2 heterocycles. The maximum Gasteiger partial charge on any atom is 0.326 e. The van der Waals surface area contributed by atoms with Gasteiger partial charge in [-0.05, 0) is 38.1 Å². The highest BCUT2D eigenvalue weighted by molar-refractivity contribution is 5.70. The number of rotatable bonds is 5. The van der Waals surface area contributed by atoms with Crippen molar-refractivity contribution in [1.29, 1.82) is 0 Å². The van der Waals surface area contributed by atoms with Gasteiger partial charge in [0, 0.05) is 23.5 Å². The Morgan fingerprint density at radius 2 is 1.96 bits per heavy atom. The van der Waals surface area contributed by atoms with Crippen LogP contribution in [0.3, 0.4) is 0 Å². The highest BCUT2D eigenvalue weighted by Gasteiger charge is 2.14. The van der Waals surface area contributed by atoms with Gasteiger partial charge in [0.1, 0.15) is 12.3 Å². The molecule has 130 valence electrons. The van der Waals surface area contributed by atoms with Crippen molar-refractivity contribution in [2.75, 3.05) is 13.7 Å². The molecule has 1 aromatic carbocycles. The third-order valence-corrected chi connectivity index (χ3v) is 3.90. The maximum absolute atomic E-state index is 12.3. The van der Waals surface area contributed by atoms with Gasteiger partial charge in [-0.25, -0.2) is 4.98 Å². The molecule has 0 aliphatic heterocycles. The molecule has 3 rings (SSSR count). The molecular weight excluding hydrogens is 322 g/mol. The number of hydrogen-bond acceptors (Lipinski definition) is 5. The summed E-state index contributed by atoms with van der Waals surface area (Å²) in [5, 5.41) is 0. The summed E-state index contributed by atoms with van der Waals surface area (Å²) in [6.45, 7) is 3.83. The van der Waals surface area contributed by atoms with Gasteiger partial charge in [-0.15, -0.1) is 0 Å². The van der Waals surface area contributed by atoms with Crippen molar-refractivity contribution in [3.05, 3.63) is 52.6 Å². The molecule has 2 aromatic heterocycles. The molecule has 0 spiro atoms. The summed E-state index contributed by atoms with van der Waals surface area (Å²) < 4.78 is 13.3. The summed E-state index contributed by atoms with van der Waals surface area (Å²) in [4.78, 5) is 28.7. The van der Waals surface area contributed by atoms with Crippen LogP contribution in [-0.2, 0) is 16.1 Å². The standard InChI is InChI=1S/C18H19N3O4/c1-4-25-17(23)11-20-12(2)9-16(22)21-10-15(19-18(20)21)13-5-7-14(24-3)8-6-13/h5-10H,4,11H2,1-3H3. The van der Waals surface area contributed by atoms with Crippen LogP contribution in [0.1, 0.15) is 12.6 Å². The monoisotopic (exact) mass is 341 g/mol.